The van der Waals surface area contributed by atoms with Gasteiger partial charge in [0.1, 0.15) is 17.6 Å². The van der Waals surface area contributed by atoms with Gasteiger partial charge in [0, 0.05) is 31.8 Å². The first-order chi connectivity index (χ1) is 13.1. The molecule has 0 amide bonds. The van der Waals surface area contributed by atoms with Gasteiger partial charge in [-0.2, -0.15) is 0 Å². The molecule has 27 heavy (non-hydrogen) atoms. The van der Waals surface area contributed by atoms with Gasteiger partial charge in [-0.1, -0.05) is 19.1 Å². The molecule has 5 heteroatoms. The third-order valence-corrected chi connectivity index (χ3v) is 5.48. The summed E-state index contributed by atoms with van der Waals surface area (Å²) in [4.78, 5) is 22.6. The van der Waals surface area contributed by atoms with Gasteiger partial charge in [0.25, 0.3) is 0 Å². The maximum absolute atomic E-state index is 11.3. The zero-order valence-corrected chi connectivity index (χ0v) is 16.1. The number of anilines is 1. The van der Waals surface area contributed by atoms with Gasteiger partial charge in [0.05, 0.1) is 6.54 Å². The highest BCUT2D eigenvalue weighted by Crippen LogP contribution is 2.39. The average Bonchev–Trinajstić information content (AvgIpc) is 3.41. The molecule has 1 aromatic carbocycles. The van der Waals surface area contributed by atoms with E-state index in [-0.39, 0.29) is 17.8 Å². The van der Waals surface area contributed by atoms with E-state index < -0.39 is 0 Å². The number of Topliss-reactive ketones (excluding diaryl/α,β-unsaturated/α-hetero) is 1. The van der Waals surface area contributed by atoms with E-state index in [0.717, 1.165) is 31.2 Å². The number of carbonyl (C=O) groups is 1. The van der Waals surface area contributed by atoms with Crippen LogP contribution in [-0.2, 0) is 4.79 Å². The van der Waals surface area contributed by atoms with Crippen LogP contribution in [0.3, 0.4) is 0 Å². The second-order valence-corrected chi connectivity index (χ2v) is 7.94. The summed E-state index contributed by atoms with van der Waals surface area (Å²) in [6, 6.07) is 8.15. The highest BCUT2D eigenvalue weighted by molar-refractivity contribution is 5.76. The van der Waals surface area contributed by atoms with E-state index in [4.69, 9.17) is 4.74 Å². The highest BCUT2D eigenvalue weighted by Gasteiger charge is 2.27. The van der Waals surface area contributed by atoms with Crippen molar-refractivity contribution in [2.45, 2.75) is 57.5 Å². The van der Waals surface area contributed by atoms with Crippen molar-refractivity contribution in [3.63, 3.8) is 0 Å². The molecule has 5 nitrogen and oxygen atoms in total. The van der Waals surface area contributed by atoms with Gasteiger partial charge in [0.15, 0.2) is 0 Å². The second-order valence-electron chi connectivity index (χ2n) is 7.94. The lowest BCUT2D eigenvalue weighted by Gasteiger charge is -2.17. The van der Waals surface area contributed by atoms with Gasteiger partial charge in [0.2, 0.25) is 5.95 Å². The van der Waals surface area contributed by atoms with Crippen molar-refractivity contribution in [3.8, 4) is 5.75 Å². The Balaban J connectivity index is 1.32. The Labute approximate surface area is 160 Å². The van der Waals surface area contributed by atoms with Crippen molar-refractivity contribution in [2.75, 3.05) is 18.0 Å². The fraction of sp³-hybridized carbons (Fsp3) is 0.500. The number of benzene rings is 1. The lowest BCUT2D eigenvalue weighted by atomic mass is 9.96. The fourth-order valence-electron chi connectivity index (χ4n) is 3.74. The summed E-state index contributed by atoms with van der Waals surface area (Å²) in [7, 11) is 0. The Bertz CT molecular complexity index is 784. The molecule has 142 valence electrons. The molecule has 1 aromatic heterocycles. The molecule has 1 saturated heterocycles. The zero-order valence-electron chi connectivity index (χ0n) is 16.1. The van der Waals surface area contributed by atoms with Crippen LogP contribution in [0.5, 0.6) is 5.75 Å². The van der Waals surface area contributed by atoms with Crippen LogP contribution in [0, 0.1) is 0 Å². The van der Waals surface area contributed by atoms with Crippen LogP contribution < -0.4 is 9.64 Å². The summed E-state index contributed by atoms with van der Waals surface area (Å²) in [5.74, 6) is 2.84. The molecule has 2 atom stereocenters. The van der Waals surface area contributed by atoms with Crippen LogP contribution >= 0.6 is 0 Å². The zero-order chi connectivity index (χ0) is 18.8. The fourth-order valence-corrected chi connectivity index (χ4v) is 3.74. The summed E-state index contributed by atoms with van der Waals surface area (Å²) in [5.41, 5.74) is 2.44. The smallest absolute Gasteiger partial charge is 0.225 e. The first-order valence-electron chi connectivity index (χ1n) is 9.91. The van der Waals surface area contributed by atoms with Gasteiger partial charge in [-0.15, -0.1) is 0 Å². The normalized spacial score (nSPS) is 20.5. The Morgan fingerprint density at radius 2 is 1.89 bits per heavy atom. The first-order valence-corrected chi connectivity index (χ1v) is 9.91. The Hall–Kier alpha value is -2.43. The van der Waals surface area contributed by atoms with Crippen LogP contribution in [0.25, 0.3) is 0 Å². The van der Waals surface area contributed by atoms with Gasteiger partial charge >= 0.3 is 0 Å². The van der Waals surface area contributed by atoms with Crippen molar-refractivity contribution in [1.82, 2.24) is 9.97 Å². The number of nitrogens with zero attached hydrogens (tertiary/aromatic N) is 3. The molecule has 0 bridgehead atoms. The molecule has 2 aromatic rings. The summed E-state index contributed by atoms with van der Waals surface area (Å²) in [6.45, 7) is 5.45. The minimum Gasteiger partial charge on any atom is -0.489 e. The number of ether oxygens (including phenoxy) is 1. The van der Waals surface area contributed by atoms with Gasteiger partial charge < -0.3 is 14.4 Å². The Morgan fingerprint density at radius 3 is 2.52 bits per heavy atom. The van der Waals surface area contributed by atoms with Crippen LogP contribution in [0.15, 0.2) is 36.7 Å². The SMILES string of the molecule is CC(=O)C[C@@H](C)c1ccc(O[C@@H]2CCN(c3ncc(C4CC4)cn3)C2)cc1. The number of carbonyl (C=O) groups excluding carboxylic acids is 1. The molecule has 2 aliphatic rings. The minimum atomic E-state index is 0.150. The molecular formula is C22H27N3O2. The molecule has 0 N–H and O–H groups in total. The number of rotatable bonds is 7. The third-order valence-electron chi connectivity index (χ3n) is 5.48. The summed E-state index contributed by atoms with van der Waals surface area (Å²) in [5, 5.41) is 0. The molecule has 2 heterocycles. The first kappa shape index (κ1) is 18.0. The van der Waals surface area contributed by atoms with E-state index in [1.54, 1.807) is 6.92 Å². The minimum absolute atomic E-state index is 0.150. The molecule has 2 fully saturated rings. The predicted octanol–water partition coefficient (Wildman–Crippen LogP) is 4.09. The van der Waals surface area contributed by atoms with E-state index in [0.29, 0.717) is 12.3 Å². The predicted molar refractivity (Wildman–Crippen MR) is 105 cm³/mol. The summed E-state index contributed by atoms with van der Waals surface area (Å²) in [6.07, 6.45) is 8.21. The highest BCUT2D eigenvalue weighted by atomic mass is 16.5. The van der Waals surface area contributed by atoms with Crippen molar-refractivity contribution >= 4 is 11.7 Å². The largest absolute Gasteiger partial charge is 0.489 e. The van der Waals surface area contributed by atoms with Crippen molar-refractivity contribution in [2.24, 2.45) is 0 Å². The monoisotopic (exact) mass is 365 g/mol. The second kappa shape index (κ2) is 7.67. The molecule has 0 unspecified atom stereocenters. The molecule has 1 aliphatic heterocycles. The van der Waals surface area contributed by atoms with Gasteiger partial charge in [-0.05, 0) is 54.9 Å². The van der Waals surface area contributed by atoms with Crippen LogP contribution in [-0.4, -0.2) is 34.9 Å². The van der Waals surface area contributed by atoms with E-state index in [1.807, 2.05) is 24.5 Å². The Kier molecular flexibility index (Phi) is 5.10. The summed E-state index contributed by atoms with van der Waals surface area (Å²) < 4.78 is 6.15. The molecule has 0 spiro atoms. The molecule has 4 rings (SSSR count). The number of hydrogen-bond donors (Lipinski definition) is 0. The lowest BCUT2D eigenvalue weighted by molar-refractivity contribution is -0.117. The molecule has 1 saturated carbocycles. The molecular weight excluding hydrogens is 338 g/mol. The quantitative estimate of drug-likeness (QED) is 0.739. The number of ketones is 1. The lowest BCUT2D eigenvalue weighted by Crippen LogP contribution is -2.26. The standard InChI is InChI=1S/C22H27N3O2/c1-15(11-16(2)26)17-5-7-20(8-6-17)27-21-9-10-25(14-21)22-23-12-19(13-24-22)18-3-4-18/h5-8,12-13,15,18,21H,3-4,9-11,14H2,1-2H3/t15-,21-/m1/s1. The van der Waals surface area contributed by atoms with Crippen molar-refractivity contribution in [3.05, 3.63) is 47.8 Å². The number of aromatic nitrogens is 2. The molecule has 1 aliphatic carbocycles. The maximum atomic E-state index is 11.3. The van der Waals surface area contributed by atoms with E-state index in [2.05, 4.69) is 33.9 Å². The third kappa shape index (κ3) is 4.46. The van der Waals surface area contributed by atoms with E-state index in [1.165, 1.54) is 24.0 Å². The molecule has 0 radical (unpaired) electrons. The Morgan fingerprint density at radius 1 is 1.19 bits per heavy atom. The summed E-state index contributed by atoms with van der Waals surface area (Å²) >= 11 is 0. The van der Waals surface area contributed by atoms with Gasteiger partial charge in [-0.25, -0.2) is 9.97 Å². The maximum Gasteiger partial charge on any atom is 0.225 e. The number of hydrogen-bond acceptors (Lipinski definition) is 5. The average molecular weight is 365 g/mol. The topological polar surface area (TPSA) is 55.3 Å². The van der Waals surface area contributed by atoms with Crippen molar-refractivity contribution < 1.29 is 9.53 Å². The van der Waals surface area contributed by atoms with E-state index in [9.17, 15) is 4.79 Å². The van der Waals surface area contributed by atoms with E-state index >= 15 is 0 Å². The van der Waals surface area contributed by atoms with Crippen LogP contribution in [0.4, 0.5) is 5.95 Å². The van der Waals surface area contributed by atoms with Crippen molar-refractivity contribution in [1.29, 1.82) is 0 Å². The van der Waals surface area contributed by atoms with Crippen LogP contribution in [0.2, 0.25) is 0 Å². The van der Waals surface area contributed by atoms with Crippen LogP contribution in [0.1, 0.15) is 62.5 Å². The van der Waals surface area contributed by atoms with Gasteiger partial charge in [-0.3, -0.25) is 0 Å².